The largest absolute Gasteiger partial charge is 0.454 e. The van der Waals surface area contributed by atoms with E-state index >= 15 is 0 Å². The van der Waals surface area contributed by atoms with Gasteiger partial charge in [-0.05, 0) is 29.8 Å². The van der Waals surface area contributed by atoms with E-state index in [1.165, 1.54) is 6.07 Å². The number of aromatic nitrogens is 2. The van der Waals surface area contributed by atoms with Gasteiger partial charge in [0.05, 0.1) is 6.10 Å². The minimum absolute atomic E-state index is 0.180. The van der Waals surface area contributed by atoms with Gasteiger partial charge in [-0.1, -0.05) is 24.3 Å². The van der Waals surface area contributed by atoms with Crippen LogP contribution in [-0.4, -0.2) is 21.4 Å². The summed E-state index contributed by atoms with van der Waals surface area (Å²) in [5, 5.41) is 18.8. The number of furan rings is 1. The van der Waals surface area contributed by atoms with Crippen molar-refractivity contribution in [2.75, 3.05) is 6.54 Å². The summed E-state index contributed by atoms with van der Waals surface area (Å²) in [6.07, 6.45) is 0.917. The summed E-state index contributed by atoms with van der Waals surface area (Å²) in [4.78, 5) is 0. The van der Waals surface area contributed by atoms with Crippen molar-refractivity contribution in [3.05, 3.63) is 77.5 Å². The molecule has 5 nitrogen and oxygen atoms in total. The Morgan fingerprint density at radius 2 is 1.96 bits per heavy atom. The summed E-state index contributed by atoms with van der Waals surface area (Å²) in [5.41, 5.74) is 2.72. The Morgan fingerprint density at radius 1 is 1.14 bits per heavy atom. The van der Waals surface area contributed by atoms with Gasteiger partial charge < -0.3 is 14.8 Å². The number of benzene rings is 2. The maximum Gasteiger partial charge on any atom is 0.159 e. The van der Waals surface area contributed by atoms with Crippen LogP contribution in [0.25, 0.3) is 22.4 Å². The van der Waals surface area contributed by atoms with Crippen molar-refractivity contribution in [2.45, 2.75) is 12.6 Å². The first-order valence-corrected chi connectivity index (χ1v) is 8.86. The lowest BCUT2D eigenvalue weighted by atomic mass is 10.1. The van der Waals surface area contributed by atoms with E-state index in [-0.39, 0.29) is 6.54 Å². The van der Waals surface area contributed by atoms with Gasteiger partial charge in [-0.15, -0.1) is 0 Å². The number of aliphatic hydroxyl groups is 1. The summed E-state index contributed by atoms with van der Waals surface area (Å²) in [6.45, 7) is 0.612. The fourth-order valence-corrected chi connectivity index (χ4v) is 3.15. The van der Waals surface area contributed by atoms with E-state index < -0.39 is 17.7 Å². The van der Waals surface area contributed by atoms with Crippen LogP contribution in [0.15, 0.2) is 59.1 Å². The average Bonchev–Trinajstić information content (AvgIpc) is 3.26. The smallest absolute Gasteiger partial charge is 0.159 e. The molecule has 0 saturated heterocycles. The monoisotopic (exact) mass is 383 g/mol. The van der Waals surface area contributed by atoms with Crippen LogP contribution in [0, 0.1) is 11.6 Å². The molecule has 0 bridgehead atoms. The van der Waals surface area contributed by atoms with Crippen molar-refractivity contribution in [1.29, 1.82) is 0 Å². The number of aliphatic hydroxyl groups excluding tert-OH is 1. The molecule has 4 aromatic rings. The first-order valence-electron chi connectivity index (χ1n) is 8.86. The number of aryl methyl sites for hydroxylation is 1. The third kappa shape index (κ3) is 3.67. The molecule has 7 heteroatoms. The second-order valence-electron chi connectivity index (χ2n) is 6.65. The van der Waals surface area contributed by atoms with Crippen LogP contribution < -0.4 is 5.32 Å². The highest BCUT2D eigenvalue weighted by atomic mass is 19.2. The molecule has 2 aromatic carbocycles. The minimum Gasteiger partial charge on any atom is -0.454 e. The van der Waals surface area contributed by atoms with Crippen LogP contribution in [-0.2, 0) is 13.6 Å². The van der Waals surface area contributed by atoms with Gasteiger partial charge in [0.2, 0.25) is 0 Å². The normalized spacial score (nSPS) is 12.6. The van der Waals surface area contributed by atoms with Crippen LogP contribution >= 0.6 is 0 Å². The van der Waals surface area contributed by atoms with E-state index in [0.717, 1.165) is 28.7 Å². The molecule has 4 rings (SSSR count). The van der Waals surface area contributed by atoms with E-state index in [4.69, 9.17) is 4.42 Å². The SMILES string of the molecule is Cn1cc(CNCC(O)c2ccc(F)c(F)c2)c(-c2cc3ccccc3o2)n1. The van der Waals surface area contributed by atoms with E-state index in [9.17, 15) is 13.9 Å². The van der Waals surface area contributed by atoms with Crippen molar-refractivity contribution in [1.82, 2.24) is 15.1 Å². The molecule has 0 radical (unpaired) electrons. The summed E-state index contributed by atoms with van der Waals surface area (Å²) >= 11 is 0. The molecule has 1 atom stereocenters. The Labute approximate surface area is 160 Å². The van der Waals surface area contributed by atoms with Crippen LogP contribution in [0.4, 0.5) is 8.78 Å². The molecule has 28 heavy (non-hydrogen) atoms. The lowest BCUT2D eigenvalue weighted by Crippen LogP contribution is -2.21. The van der Waals surface area contributed by atoms with Gasteiger partial charge in [-0.25, -0.2) is 8.78 Å². The van der Waals surface area contributed by atoms with Gasteiger partial charge in [0.1, 0.15) is 11.3 Å². The van der Waals surface area contributed by atoms with Gasteiger partial charge in [0.15, 0.2) is 17.4 Å². The van der Waals surface area contributed by atoms with Gasteiger partial charge in [0, 0.05) is 37.3 Å². The maximum absolute atomic E-state index is 13.3. The minimum atomic E-state index is -0.976. The molecule has 2 N–H and O–H groups in total. The number of para-hydroxylation sites is 1. The zero-order chi connectivity index (χ0) is 19.7. The molecule has 0 spiro atoms. The van der Waals surface area contributed by atoms with Crippen molar-refractivity contribution in [3.63, 3.8) is 0 Å². The summed E-state index contributed by atoms with van der Waals surface area (Å²) in [5.74, 6) is -1.24. The standard InChI is InChI=1S/C21H19F2N3O2/c1-26-12-15(10-24-11-18(27)13-6-7-16(22)17(23)8-13)21(25-26)20-9-14-4-2-3-5-19(14)28-20/h2-9,12,18,24,27H,10-11H2,1H3. The van der Waals surface area contributed by atoms with Crippen LogP contribution in [0.2, 0.25) is 0 Å². The molecule has 1 unspecified atom stereocenters. The number of nitrogens with zero attached hydrogens (tertiary/aromatic N) is 2. The number of hydrogen-bond acceptors (Lipinski definition) is 4. The van der Waals surface area contributed by atoms with Gasteiger partial charge in [-0.2, -0.15) is 5.10 Å². The van der Waals surface area contributed by atoms with E-state index in [1.807, 2.05) is 43.6 Å². The molecule has 0 aliphatic carbocycles. The Kier molecular flexibility index (Phi) is 4.93. The lowest BCUT2D eigenvalue weighted by Gasteiger charge is -2.12. The molecular formula is C21H19F2N3O2. The Balaban J connectivity index is 1.47. The summed E-state index contributed by atoms with van der Waals surface area (Å²) in [7, 11) is 1.83. The van der Waals surface area contributed by atoms with Crippen LogP contribution in [0.1, 0.15) is 17.2 Å². The second kappa shape index (κ2) is 7.53. The first-order chi connectivity index (χ1) is 13.5. The number of nitrogens with one attached hydrogen (secondary N) is 1. The second-order valence-corrected chi connectivity index (χ2v) is 6.65. The number of fused-ring (bicyclic) bond motifs is 1. The average molecular weight is 383 g/mol. The highest BCUT2D eigenvalue weighted by Gasteiger charge is 2.16. The van der Waals surface area contributed by atoms with Crippen LogP contribution in [0.3, 0.4) is 0 Å². The molecule has 0 fully saturated rings. The van der Waals surface area contributed by atoms with Crippen LogP contribution in [0.5, 0.6) is 0 Å². The van der Waals surface area contributed by atoms with Gasteiger partial charge >= 0.3 is 0 Å². The third-order valence-corrected chi connectivity index (χ3v) is 4.55. The van der Waals surface area contributed by atoms with E-state index in [0.29, 0.717) is 23.6 Å². The van der Waals surface area contributed by atoms with Crippen molar-refractivity contribution >= 4 is 11.0 Å². The zero-order valence-electron chi connectivity index (χ0n) is 15.2. The topological polar surface area (TPSA) is 63.2 Å². The summed E-state index contributed by atoms with van der Waals surface area (Å²) in [6, 6.07) is 13.1. The molecule has 2 aromatic heterocycles. The molecule has 0 aliphatic heterocycles. The zero-order valence-corrected chi connectivity index (χ0v) is 15.2. The van der Waals surface area contributed by atoms with E-state index in [1.54, 1.807) is 4.68 Å². The molecule has 0 amide bonds. The fourth-order valence-electron chi connectivity index (χ4n) is 3.15. The summed E-state index contributed by atoms with van der Waals surface area (Å²) < 4.78 is 34.0. The molecule has 2 heterocycles. The predicted octanol–water partition coefficient (Wildman–Crippen LogP) is 3.93. The van der Waals surface area contributed by atoms with Crippen molar-refractivity contribution in [3.8, 4) is 11.5 Å². The molecule has 144 valence electrons. The fraction of sp³-hybridized carbons (Fsp3) is 0.190. The molecular weight excluding hydrogens is 364 g/mol. The Bertz CT molecular complexity index is 1090. The van der Waals surface area contributed by atoms with E-state index in [2.05, 4.69) is 10.4 Å². The first kappa shape index (κ1) is 18.3. The lowest BCUT2D eigenvalue weighted by molar-refractivity contribution is 0.173. The van der Waals surface area contributed by atoms with Crippen molar-refractivity contribution in [2.24, 2.45) is 7.05 Å². The molecule has 0 saturated carbocycles. The highest BCUT2D eigenvalue weighted by molar-refractivity contribution is 5.82. The number of rotatable bonds is 6. The number of halogens is 2. The van der Waals surface area contributed by atoms with Gasteiger partial charge in [0.25, 0.3) is 0 Å². The number of hydrogen-bond donors (Lipinski definition) is 2. The van der Waals surface area contributed by atoms with Gasteiger partial charge in [-0.3, -0.25) is 4.68 Å². The maximum atomic E-state index is 13.3. The quantitative estimate of drug-likeness (QED) is 0.530. The highest BCUT2D eigenvalue weighted by Crippen LogP contribution is 2.29. The Morgan fingerprint density at radius 3 is 2.75 bits per heavy atom. The Hall–Kier alpha value is -3.03. The third-order valence-electron chi connectivity index (χ3n) is 4.55. The van der Waals surface area contributed by atoms with Crippen molar-refractivity contribution < 1.29 is 18.3 Å². The molecule has 0 aliphatic rings. The predicted molar refractivity (Wildman–Crippen MR) is 101 cm³/mol.